The molecular formula is C6H9N3O2. The average molecular weight is 155 g/mol. The van der Waals surface area contributed by atoms with Crippen LogP contribution in [0.1, 0.15) is 6.92 Å². The minimum absolute atomic E-state index is 0.273. The molecule has 1 rings (SSSR count). The number of H-pyrrole nitrogens is 1. The molecule has 0 aliphatic rings. The summed E-state index contributed by atoms with van der Waals surface area (Å²) in [6, 6.07) is 1.01. The van der Waals surface area contributed by atoms with Crippen molar-refractivity contribution >= 4 is 5.95 Å². The normalized spacial score (nSPS) is 9.55. The van der Waals surface area contributed by atoms with Crippen molar-refractivity contribution in [3.63, 3.8) is 0 Å². The Labute approximate surface area is 63.1 Å². The highest BCUT2D eigenvalue weighted by Gasteiger charge is 1.95. The van der Waals surface area contributed by atoms with Crippen molar-refractivity contribution in [1.82, 2.24) is 9.97 Å². The second-order valence-corrected chi connectivity index (χ2v) is 1.98. The fourth-order valence-electron chi connectivity index (χ4n) is 0.696. The molecule has 1 heterocycles. The number of aromatic nitrogens is 2. The van der Waals surface area contributed by atoms with Crippen LogP contribution in [0.5, 0.6) is 5.88 Å². The van der Waals surface area contributed by atoms with Crippen LogP contribution in [-0.2, 0) is 0 Å². The first-order chi connectivity index (χ1) is 5.22. The Hall–Kier alpha value is -1.52. The Balaban J connectivity index is 2.99. The number of aromatic hydroxyl groups is 1. The van der Waals surface area contributed by atoms with E-state index in [-0.39, 0.29) is 17.4 Å². The fourth-order valence-corrected chi connectivity index (χ4v) is 0.696. The molecule has 0 radical (unpaired) electrons. The van der Waals surface area contributed by atoms with Gasteiger partial charge in [0.15, 0.2) is 0 Å². The molecule has 0 atom stereocenters. The maximum atomic E-state index is 10.7. The minimum atomic E-state index is -0.367. The summed E-state index contributed by atoms with van der Waals surface area (Å²) in [4.78, 5) is 16.7. The van der Waals surface area contributed by atoms with Gasteiger partial charge in [0.05, 0.1) is 6.07 Å². The predicted molar refractivity (Wildman–Crippen MR) is 40.7 cm³/mol. The largest absolute Gasteiger partial charge is 0.493 e. The lowest BCUT2D eigenvalue weighted by Gasteiger charge is -1.99. The van der Waals surface area contributed by atoms with Gasteiger partial charge in [-0.05, 0) is 6.92 Å². The van der Waals surface area contributed by atoms with Crippen molar-refractivity contribution in [1.29, 1.82) is 0 Å². The summed E-state index contributed by atoms with van der Waals surface area (Å²) in [5.41, 5.74) is -0.367. The molecule has 5 nitrogen and oxygen atoms in total. The molecule has 0 aliphatic heterocycles. The quantitative estimate of drug-likeness (QED) is 0.557. The maximum Gasteiger partial charge on any atom is 0.256 e. The number of hydrogen-bond acceptors (Lipinski definition) is 4. The molecule has 0 amide bonds. The third-order valence-electron chi connectivity index (χ3n) is 1.07. The molecule has 0 spiro atoms. The Kier molecular flexibility index (Phi) is 2.10. The van der Waals surface area contributed by atoms with Crippen LogP contribution in [0.3, 0.4) is 0 Å². The third kappa shape index (κ3) is 1.96. The molecule has 0 saturated heterocycles. The molecule has 60 valence electrons. The van der Waals surface area contributed by atoms with Crippen molar-refractivity contribution in [2.45, 2.75) is 6.92 Å². The first-order valence-electron chi connectivity index (χ1n) is 3.26. The Morgan fingerprint density at radius 2 is 2.55 bits per heavy atom. The molecule has 0 bridgehead atoms. The average Bonchev–Trinajstić information content (AvgIpc) is 1.85. The SMILES string of the molecule is CCNc1nc(O)cc(=O)[nH]1. The number of hydrogen-bond donors (Lipinski definition) is 3. The highest BCUT2D eigenvalue weighted by molar-refractivity contribution is 5.26. The minimum Gasteiger partial charge on any atom is -0.493 e. The van der Waals surface area contributed by atoms with Gasteiger partial charge in [-0.25, -0.2) is 0 Å². The van der Waals surface area contributed by atoms with E-state index in [4.69, 9.17) is 5.11 Å². The van der Waals surface area contributed by atoms with E-state index >= 15 is 0 Å². The standard InChI is InChI=1S/C6H9N3O2/c1-2-7-6-8-4(10)3-5(11)9-6/h3H,2H2,1H3,(H3,7,8,9,10,11). The second kappa shape index (κ2) is 3.05. The van der Waals surface area contributed by atoms with Gasteiger partial charge in [-0.3, -0.25) is 9.78 Å². The zero-order valence-corrected chi connectivity index (χ0v) is 6.09. The van der Waals surface area contributed by atoms with Crippen molar-refractivity contribution in [3.05, 3.63) is 16.4 Å². The molecule has 11 heavy (non-hydrogen) atoms. The molecule has 0 aliphatic carbocycles. The summed E-state index contributed by atoms with van der Waals surface area (Å²) < 4.78 is 0. The fraction of sp³-hybridized carbons (Fsp3) is 0.333. The Morgan fingerprint density at radius 1 is 1.82 bits per heavy atom. The van der Waals surface area contributed by atoms with E-state index < -0.39 is 0 Å². The zero-order valence-electron chi connectivity index (χ0n) is 6.09. The molecule has 1 aromatic heterocycles. The van der Waals surface area contributed by atoms with Gasteiger partial charge in [-0.2, -0.15) is 4.98 Å². The number of rotatable bonds is 2. The van der Waals surface area contributed by atoms with Crippen LogP contribution >= 0.6 is 0 Å². The summed E-state index contributed by atoms with van der Waals surface area (Å²) in [5.74, 6) is 0.0159. The smallest absolute Gasteiger partial charge is 0.256 e. The Bertz CT molecular complexity index is 294. The lowest BCUT2D eigenvalue weighted by Crippen LogP contribution is -2.10. The van der Waals surface area contributed by atoms with Crippen LogP contribution in [0.4, 0.5) is 5.95 Å². The van der Waals surface area contributed by atoms with Gasteiger partial charge in [-0.15, -0.1) is 0 Å². The van der Waals surface area contributed by atoms with Crippen LogP contribution in [0.25, 0.3) is 0 Å². The van der Waals surface area contributed by atoms with E-state index in [0.29, 0.717) is 6.54 Å². The first-order valence-corrected chi connectivity index (χ1v) is 3.26. The number of anilines is 1. The van der Waals surface area contributed by atoms with E-state index in [2.05, 4.69) is 15.3 Å². The van der Waals surface area contributed by atoms with Gasteiger partial charge in [0, 0.05) is 6.54 Å². The molecule has 5 heteroatoms. The highest BCUT2D eigenvalue weighted by Crippen LogP contribution is 2.00. The molecule has 0 saturated carbocycles. The summed E-state index contributed by atoms with van der Waals surface area (Å²) >= 11 is 0. The predicted octanol–water partition coefficient (Wildman–Crippen LogP) is -0.0927. The molecule has 0 aromatic carbocycles. The second-order valence-electron chi connectivity index (χ2n) is 1.98. The van der Waals surface area contributed by atoms with Crippen molar-refractivity contribution in [2.24, 2.45) is 0 Å². The van der Waals surface area contributed by atoms with E-state index in [0.717, 1.165) is 6.07 Å². The van der Waals surface area contributed by atoms with Gasteiger partial charge in [0.25, 0.3) is 5.56 Å². The first kappa shape index (κ1) is 7.59. The van der Waals surface area contributed by atoms with Gasteiger partial charge in [-0.1, -0.05) is 0 Å². The summed E-state index contributed by atoms with van der Waals surface area (Å²) in [5, 5.41) is 11.6. The number of nitrogens with one attached hydrogen (secondary N) is 2. The van der Waals surface area contributed by atoms with Crippen LogP contribution in [-0.4, -0.2) is 21.6 Å². The van der Waals surface area contributed by atoms with Crippen molar-refractivity contribution < 1.29 is 5.11 Å². The molecular weight excluding hydrogens is 146 g/mol. The molecule has 1 aromatic rings. The van der Waals surface area contributed by atoms with E-state index in [1.807, 2.05) is 6.92 Å². The lowest BCUT2D eigenvalue weighted by atomic mass is 10.6. The van der Waals surface area contributed by atoms with E-state index in [1.54, 1.807) is 0 Å². The molecule has 0 unspecified atom stereocenters. The van der Waals surface area contributed by atoms with Gasteiger partial charge in [0.1, 0.15) is 0 Å². The summed E-state index contributed by atoms with van der Waals surface area (Å²) in [6.07, 6.45) is 0. The van der Waals surface area contributed by atoms with E-state index in [9.17, 15) is 4.79 Å². The summed E-state index contributed by atoms with van der Waals surface area (Å²) in [6.45, 7) is 2.51. The van der Waals surface area contributed by atoms with Crippen LogP contribution < -0.4 is 10.9 Å². The van der Waals surface area contributed by atoms with E-state index in [1.165, 1.54) is 0 Å². The lowest BCUT2D eigenvalue weighted by molar-refractivity contribution is 0.452. The number of aromatic amines is 1. The Morgan fingerprint density at radius 3 is 3.09 bits per heavy atom. The van der Waals surface area contributed by atoms with Crippen LogP contribution in [0, 0.1) is 0 Å². The summed E-state index contributed by atoms with van der Waals surface area (Å²) in [7, 11) is 0. The molecule has 3 N–H and O–H groups in total. The van der Waals surface area contributed by atoms with Gasteiger partial charge >= 0.3 is 0 Å². The zero-order chi connectivity index (χ0) is 8.27. The van der Waals surface area contributed by atoms with Crippen molar-refractivity contribution in [3.8, 4) is 5.88 Å². The monoisotopic (exact) mass is 155 g/mol. The topological polar surface area (TPSA) is 78.0 Å². The highest BCUT2D eigenvalue weighted by atomic mass is 16.3. The number of nitrogens with zero attached hydrogens (tertiary/aromatic N) is 1. The molecule has 0 fully saturated rings. The maximum absolute atomic E-state index is 10.7. The van der Waals surface area contributed by atoms with Crippen molar-refractivity contribution in [2.75, 3.05) is 11.9 Å². The van der Waals surface area contributed by atoms with Crippen LogP contribution in [0.15, 0.2) is 10.9 Å². The van der Waals surface area contributed by atoms with Gasteiger partial charge < -0.3 is 10.4 Å². The van der Waals surface area contributed by atoms with Crippen LogP contribution in [0.2, 0.25) is 0 Å². The third-order valence-corrected chi connectivity index (χ3v) is 1.07. The van der Waals surface area contributed by atoms with Gasteiger partial charge in [0.2, 0.25) is 11.8 Å².